The summed E-state index contributed by atoms with van der Waals surface area (Å²) in [5.74, 6) is 0.227. The zero-order valence-corrected chi connectivity index (χ0v) is 10.1. The maximum atomic E-state index is 9.09. The number of ether oxygens (including phenoxy) is 1. The van der Waals surface area contributed by atoms with Gasteiger partial charge in [0.1, 0.15) is 0 Å². The van der Waals surface area contributed by atoms with Crippen LogP contribution in [0.4, 0.5) is 0 Å². The molecule has 0 aliphatic heterocycles. The summed E-state index contributed by atoms with van der Waals surface area (Å²) in [5.41, 5.74) is 0.762. The van der Waals surface area contributed by atoms with E-state index in [-0.39, 0.29) is 5.90 Å². The molecule has 4 nitrogen and oxygen atoms in total. The number of oxime groups is 1. The largest absolute Gasteiger partial charge is 0.582 e. The van der Waals surface area contributed by atoms with Crippen LogP contribution in [0.2, 0.25) is 0 Å². The fraction of sp³-hybridized carbons (Fsp3) is 0.125. The van der Waals surface area contributed by atoms with Crippen LogP contribution in [-0.2, 0) is 14.3 Å². The molecule has 84 valence electrons. The van der Waals surface area contributed by atoms with Gasteiger partial charge >= 0.3 is 0 Å². The number of rotatable bonds is 1. The summed E-state index contributed by atoms with van der Waals surface area (Å²) in [6.07, 6.45) is 0. The lowest BCUT2D eigenvalue weighted by molar-refractivity contribution is 0.287. The second kappa shape index (κ2) is 8.67. The van der Waals surface area contributed by atoms with Gasteiger partial charge in [-0.25, -0.2) is 0 Å². The van der Waals surface area contributed by atoms with Crippen molar-refractivity contribution in [2.24, 2.45) is 5.16 Å². The maximum Gasteiger partial charge on any atom is 0.257 e. The lowest BCUT2D eigenvalue weighted by Crippen LogP contribution is -2.02. The maximum absolute atomic E-state index is 9.09. The minimum absolute atomic E-state index is 0.227. The highest BCUT2D eigenvalue weighted by molar-refractivity contribution is 8.31. The number of halogens is 2. The Morgan fingerprint density at radius 1 is 1.40 bits per heavy atom. The van der Waals surface area contributed by atoms with Crippen LogP contribution in [0.15, 0.2) is 35.5 Å². The number of hydrogen-bond donors (Lipinski definition) is 1. The molecule has 1 aromatic rings. The first kappa shape index (κ1) is 14.4. The van der Waals surface area contributed by atoms with E-state index in [1.807, 2.05) is 18.2 Å². The number of methoxy groups -OCH3 is 1. The molecule has 0 fully saturated rings. The molecule has 0 spiro atoms. The molecule has 0 amide bonds. The van der Waals surface area contributed by atoms with Crippen LogP contribution in [-0.4, -0.2) is 22.8 Å². The fourth-order valence-electron chi connectivity index (χ4n) is 0.797. The van der Waals surface area contributed by atoms with E-state index in [1.165, 1.54) is 7.11 Å². The normalized spacial score (nSPS) is 10.6. The first-order valence-electron chi connectivity index (χ1n) is 3.67. The van der Waals surface area contributed by atoms with Gasteiger partial charge in [0, 0.05) is 5.56 Å². The summed E-state index contributed by atoms with van der Waals surface area (Å²) in [6.45, 7) is 0. The van der Waals surface area contributed by atoms with Gasteiger partial charge in [0.25, 0.3) is 5.90 Å². The zero-order valence-electron chi connectivity index (χ0n) is 7.76. The first-order valence-corrected chi connectivity index (χ1v) is 6.47. The molecule has 1 rings (SSSR count). The fourth-order valence-corrected chi connectivity index (χ4v) is 0.797. The predicted molar refractivity (Wildman–Crippen MR) is 61.6 cm³/mol. The number of hydrogen-bond acceptors (Lipinski definition) is 4. The van der Waals surface area contributed by atoms with E-state index < -0.39 is 9.60 Å². The highest BCUT2D eigenvalue weighted by atomic mass is 36.0. The quantitative estimate of drug-likeness (QED) is 0.280. The van der Waals surface area contributed by atoms with Crippen molar-refractivity contribution in [1.82, 2.24) is 0 Å². The van der Waals surface area contributed by atoms with Gasteiger partial charge in [0.15, 0.2) is 31.0 Å². The molecular weight excluding hydrogens is 261 g/mol. The lowest BCUT2D eigenvalue weighted by Gasteiger charge is -2.00. The van der Waals surface area contributed by atoms with Crippen molar-refractivity contribution >= 4 is 36.9 Å². The van der Waals surface area contributed by atoms with Gasteiger partial charge in [0.05, 0.1) is 7.11 Å². The Hall–Kier alpha value is -0.620. The van der Waals surface area contributed by atoms with E-state index in [1.54, 1.807) is 12.1 Å². The molecule has 0 saturated carbocycles. The Kier molecular flexibility index (Phi) is 8.31. The van der Waals surface area contributed by atoms with Gasteiger partial charge in [-0.15, -0.1) is 0 Å². The van der Waals surface area contributed by atoms with Crippen LogP contribution in [0.25, 0.3) is 0 Å². The summed E-state index contributed by atoms with van der Waals surface area (Å²) in [5, 5.41) is 11.4. The number of nitrogens with zero attached hydrogens (tertiary/aromatic N) is 1. The molecule has 15 heavy (non-hydrogen) atoms. The van der Waals surface area contributed by atoms with E-state index in [0.29, 0.717) is 0 Å². The van der Waals surface area contributed by atoms with Gasteiger partial charge in [-0.3, -0.25) is 0 Å². The van der Waals surface area contributed by atoms with Crippen LogP contribution in [0.3, 0.4) is 0 Å². The molecule has 0 unspecified atom stereocenters. The lowest BCUT2D eigenvalue weighted by atomic mass is 10.2. The number of benzene rings is 1. The van der Waals surface area contributed by atoms with Crippen LogP contribution in [0.1, 0.15) is 5.56 Å². The average molecular weight is 270 g/mol. The Labute approximate surface area is 99.6 Å². The molecule has 1 aromatic carbocycles. The summed E-state index contributed by atoms with van der Waals surface area (Å²) in [7, 11) is 8.82. The molecule has 0 saturated heterocycles. The second-order valence-corrected chi connectivity index (χ2v) is 4.68. The van der Waals surface area contributed by atoms with Crippen LogP contribution >= 0.6 is 21.4 Å². The highest BCUT2D eigenvalue weighted by Crippen LogP contribution is 2.00. The Morgan fingerprint density at radius 3 is 2.20 bits per heavy atom. The van der Waals surface area contributed by atoms with Gasteiger partial charge < -0.3 is 14.5 Å². The average Bonchev–Trinajstić information content (AvgIpc) is 2.20. The Morgan fingerprint density at radius 2 is 1.87 bits per heavy atom. The van der Waals surface area contributed by atoms with Crippen molar-refractivity contribution in [3.05, 3.63) is 35.9 Å². The van der Waals surface area contributed by atoms with Gasteiger partial charge in [-0.1, -0.05) is 18.2 Å². The third-order valence-electron chi connectivity index (χ3n) is 1.30. The summed E-state index contributed by atoms with van der Waals surface area (Å²) >= 11 is 0. The molecule has 0 radical (unpaired) electrons. The molecule has 1 N–H and O–H groups in total. The predicted octanol–water partition coefficient (Wildman–Crippen LogP) is 2.51. The standard InChI is InChI=1S/C8H9NO2.Cl2OS/c1-11-8(9-10)7-5-3-2-4-6-7;1-4(2)3/h2-6,10H,1H3;. The molecule has 0 aliphatic rings. The molecule has 0 aromatic heterocycles. The van der Waals surface area contributed by atoms with Crippen molar-refractivity contribution in [3.63, 3.8) is 0 Å². The second-order valence-electron chi connectivity index (χ2n) is 2.16. The van der Waals surface area contributed by atoms with Gasteiger partial charge in [0.2, 0.25) is 0 Å². The van der Waals surface area contributed by atoms with Crippen molar-refractivity contribution in [3.8, 4) is 0 Å². The van der Waals surface area contributed by atoms with E-state index in [4.69, 9.17) is 14.5 Å². The smallest absolute Gasteiger partial charge is 0.257 e. The van der Waals surface area contributed by atoms with Gasteiger partial charge in [-0.2, -0.15) is 0 Å². The highest BCUT2D eigenvalue weighted by Gasteiger charge is 2.00. The Balaban J connectivity index is 0.000000423. The van der Waals surface area contributed by atoms with Gasteiger partial charge in [-0.05, 0) is 17.3 Å². The molecule has 0 atom stereocenters. The molecule has 7 heteroatoms. The van der Waals surface area contributed by atoms with E-state index in [9.17, 15) is 0 Å². The third-order valence-corrected chi connectivity index (χ3v) is 1.30. The van der Waals surface area contributed by atoms with E-state index in [2.05, 4.69) is 26.5 Å². The minimum Gasteiger partial charge on any atom is -0.582 e. The van der Waals surface area contributed by atoms with Crippen LogP contribution in [0, 0.1) is 0 Å². The molecule has 0 bridgehead atoms. The first-order chi connectivity index (χ1) is 7.11. The monoisotopic (exact) mass is 269 g/mol. The van der Waals surface area contributed by atoms with Crippen molar-refractivity contribution in [2.45, 2.75) is 0 Å². The molecule has 0 heterocycles. The van der Waals surface area contributed by atoms with Crippen LogP contribution < -0.4 is 0 Å². The summed E-state index contributed by atoms with van der Waals surface area (Å²) < 4.78 is 13.9. The van der Waals surface area contributed by atoms with Crippen molar-refractivity contribution in [1.29, 1.82) is 0 Å². The zero-order chi connectivity index (χ0) is 11.7. The summed E-state index contributed by atoms with van der Waals surface area (Å²) in [4.78, 5) is 0. The third kappa shape index (κ3) is 7.33. The molecule has 0 aliphatic carbocycles. The van der Waals surface area contributed by atoms with E-state index in [0.717, 1.165) is 5.56 Å². The Bertz CT molecular complexity index is 292. The topological polar surface area (TPSA) is 64.9 Å². The van der Waals surface area contributed by atoms with Crippen molar-refractivity contribution < 1.29 is 14.5 Å². The van der Waals surface area contributed by atoms with Crippen molar-refractivity contribution in [2.75, 3.05) is 7.11 Å². The van der Waals surface area contributed by atoms with E-state index >= 15 is 0 Å². The molecular formula is C8H9Cl2NO3S. The van der Waals surface area contributed by atoms with Crippen LogP contribution in [0.5, 0.6) is 0 Å². The SMILES string of the molecule is COC(=NO)c1ccccc1.[O-][S+](Cl)Cl. The minimum atomic E-state index is -1.67. The summed E-state index contributed by atoms with van der Waals surface area (Å²) in [6, 6.07) is 9.18.